The highest BCUT2D eigenvalue weighted by Crippen LogP contribution is 2.32. The molecule has 0 aliphatic carbocycles. The van der Waals surface area contributed by atoms with Gasteiger partial charge in [0.2, 0.25) is 5.91 Å². The number of halogens is 1. The second-order valence-corrected chi connectivity index (χ2v) is 6.07. The Kier molecular flexibility index (Phi) is 4.25. The third kappa shape index (κ3) is 3.45. The van der Waals surface area contributed by atoms with E-state index in [0.29, 0.717) is 19.6 Å². The highest BCUT2D eigenvalue weighted by atomic mass is 79.9. The molecule has 1 aliphatic rings. The van der Waals surface area contributed by atoms with Crippen molar-refractivity contribution in [2.24, 2.45) is 0 Å². The van der Waals surface area contributed by atoms with Crippen molar-refractivity contribution in [3.63, 3.8) is 0 Å². The molecule has 108 valence electrons. The lowest BCUT2D eigenvalue weighted by atomic mass is 10.0. The van der Waals surface area contributed by atoms with Crippen molar-refractivity contribution in [2.75, 3.05) is 13.2 Å². The first-order valence-electron chi connectivity index (χ1n) is 6.95. The fraction of sp³-hybridized carbons (Fsp3) is 0.235. The smallest absolute Gasteiger partial charge is 0.224 e. The van der Waals surface area contributed by atoms with Crippen molar-refractivity contribution in [3.05, 3.63) is 64.1 Å². The summed E-state index contributed by atoms with van der Waals surface area (Å²) in [7, 11) is 0. The van der Waals surface area contributed by atoms with Crippen LogP contribution in [0, 0.1) is 0 Å². The van der Waals surface area contributed by atoms with Gasteiger partial charge >= 0.3 is 0 Å². The van der Waals surface area contributed by atoms with Gasteiger partial charge in [-0.05, 0) is 23.8 Å². The van der Waals surface area contributed by atoms with Gasteiger partial charge in [0.15, 0.2) is 0 Å². The van der Waals surface area contributed by atoms with Crippen LogP contribution in [0.3, 0.4) is 0 Å². The number of hydrogen-bond acceptors (Lipinski definition) is 2. The van der Waals surface area contributed by atoms with Gasteiger partial charge in [0.25, 0.3) is 0 Å². The molecule has 0 radical (unpaired) electrons. The van der Waals surface area contributed by atoms with Gasteiger partial charge in [0.05, 0.1) is 13.0 Å². The summed E-state index contributed by atoms with van der Waals surface area (Å²) in [6.07, 6.45) is 0.405. The van der Waals surface area contributed by atoms with Crippen LogP contribution in [-0.2, 0) is 11.2 Å². The number of nitrogens with one attached hydrogen (secondary N) is 1. The van der Waals surface area contributed by atoms with Crippen LogP contribution in [0.5, 0.6) is 5.75 Å². The number of carbonyl (C=O) groups excluding carboxylic acids is 1. The molecule has 0 saturated carbocycles. The van der Waals surface area contributed by atoms with Crippen molar-refractivity contribution in [1.82, 2.24) is 5.32 Å². The lowest BCUT2D eigenvalue weighted by molar-refractivity contribution is -0.120. The summed E-state index contributed by atoms with van der Waals surface area (Å²) >= 11 is 3.39. The van der Waals surface area contributed by atoms with Crippen molar-refractivity contribution in [1.29, 1.82) is 0 Å². The summed E-state index contributed by atoms with van der Waals surface area (Å²) in [6.45, 7) is 1.25. The fourth-order valence-corrected chi connectivity index (χ4v) is 2.75. The molecule has 3 rings (SSSR count). The molecule has 2 aromatic carbocycles. The van der Waals surface area contributed by atoms with Crippen LogP contribution in [0.15, 0.2) is 53.0 Å². The minimum Gasteiger partial charge on any atom is -0.493 e. The average Bonchev–Trinajstić information content (AvgIpc) is 2.91. The third-order valence-electron chi connectivity index (χ3n) is 3.62. The minimum absolute atomic E-state index is 0.0432. The molecular weight excluding hydrogens is 330 g/mol. The van der Waals surface area contributed by atoms with Crippen LogP contribution >= 0.6 is 15.9 Å². The van der Waals surface area contributed by atoms with Gasteiger partial charge in [-0.1, -0.05) is 46.3 Å². The average molecular weight is 346 g/mol. The molecule has 4 heteroatoms. The zero-order valence-corrected chi connectivity index (χ0v) is 13.1. The Morgan fingerprint density at radius 2 is 1.95 bits per heavy atom. The Bertz CT molecular complexity index is 639. The number of amides is 1. The van der Waals surface area contributed by atoms with Gasteiger partial charge in [-0.3, -0.25) is 4.79 Å². The number of benzene rings is 2. The molecule has 0 spiro atoms. The van der Waals surface area contributed by atoms with E-state index in [2.05, 4.69) is 27.3 Å². The predicted molar refractivity (Wildman–Crippen MR) is 85.5 cm³/mol. The van der Waals surface area contributed by atoms with Crippen molar-refractivity contribution in [3.8, 4) is 5.75 Å². The Morgan fingerprint density at radius 1 is 1.19 bits per heavy atom. The standard InChI is InChI=1S/C17H16BrNO2/c18-14-7-5-12(6-8-14)9-17(20)19-10-13-11-21-16-4-2-1-3-15(13)16/h1-8,13H,9-11H2,(H,19,20)/t13-/m0/s1. The van der Waals surface area contributed by atoms with Crippen LogP contribution in [0.25, 0.3) is 0 Å². The molecule has 2 aromatic rings. The second-order valence-electron chi connectivity index (χ2n) is 5.15. The number of hydrogen-bond donors (Lipinski definition) is 1. The van der Waals surface area contributed by atoms with E-state index >= 15 is 0 Å². The van der Waals surface area contributed by atoms with Gasteiger partial charge in [-0.15, -0.1) is 0 Å². The minimum atomic E-state index is 0.0432. The van der Waals surface area contributed by atoms with Crippen LogP contribution in [0.1, 0.15) is 17.0 Å². The van der Waals surface area contributed by atoms with E-state index in [4.69, 9.17) is 4.74 Å². The van der Waals surface area contributed by atoms with E-state index in [1.807, 2.05) is 42.5 Å². The number of rotatable bonds is 4. The molecule has 0 saturated heterocycles. The monoisotopic (exact) mass is 345 g/mol. The molecule has 1 atom stereocenters. The summed E-state index contributed by atoms with van der Waals surface area (Å²) in [6, 6.07) is 15.8. The van der Waals surface area contributed by atoms with E-state index in [0.717, 1.165) is 15.8 Å². The van der Waals surface area contributed by atoms with Crippen LogP contribution in [0.4, 0.5) is 0 Å². The maximum atomic E-state index is 12.0. The molecule has 1 N–H and O–H groups in total. The Labute approximate surface area is 132 Å². The van der Waals surface area contributed by atoms with E-state index in [1.165, 1.54) is 5.56 Å². The summed E-state index contributed by atoms with van der Waals surface area (Å²) in [5.74, 6) is 1.22. The Morgan fingerprint density at radius 3 is 2.76 bits per heavy atom. The highest BCUT2D eigenvalue weighted by Gasteiger charge is 2.23. The molecule has 3 nitrogen and oxygen atoms in total. The van der Waals surface area contributed by atoms with E-state index in [-0.39, 0.29) is 11.8 Å². The van der Waals surface area contributed by atoms with Crippen molar-refractivity contribution >= 4 is 21.8 Å². The maximum Gasteiger partial charge on any atom is 0.224 e. The molecule has 1 amide bonds. The van der Waals surface area contributed by atoms with Gasteiger partial charge < -0.3 is 10.1 Å². The number of fused-ring (bicyclic) bond motifs is 1. The largest absolute Gasteiger partial charge is 0.493 e. The maximum absolute atomic E-state index is 12.0. The number of para-hydroxylation sites is 1. The van der Waals surface area contributed by atoms with Gasteiger partial charge in [-0.25, -0.2) is 0 Å². The molecule has 21 heavy (non-hydrogen) atoms. The Balaban J connectivity index is 1.54. The normalized spacial score (nSPS) is 16.1. The number of carbonyl (C=O) groups is 1. The molecule has 0 bridgehead atoms. The first-order chi connectivity index (χ1) is 10.2. The third-order valence-corrected chi connectivity index (χ3v) is 4.15. The lowest BCUT2D eigenvalue weighted by Gasteiger charge is -2.10. The number of ether oxygens (including phenoxy) is 1. The SMILES string of the molecule is O=C(Cc1ccc(Br)cc1)NC[C@H]1COc2ccccc21. The molecule has 1 aliphatic heterocycles. The van der Waals surface area contributed by atoms with Crippen molar-refractivity contribution in [2.45, 2.75) is 12.3 Å². The van der Waals surface area contributed by atoms with E-state index in [1.54, 1.807) is 0 Å². The summed E-state index contributed by atoms with van der Waals surface area (Å²) in [4.78, 5) is 12.0. The Hall–Kier alpha value is -1.81. The second kappa shape index (κ2) is 6.31. The molecule has 1 heterocycles. The molecular formula is C17H16BrNO2. The van der Waals surface area contributed by atoms with E-state index < -0.39 is 0 Å². The fourth-order valence-electron chi connectivity index (χ4n) is 2.49. The first-order valence-corrected chi connectivity index (χ1v) is 7.74. The highest BCUT2D eigenvalue weighted by molar-refractivity contribution is 9.10. The quantitative estimate of drug-likeness (QED) is 0.923. The van der Waals surface area contributed by atoms with Gasteiger partial charge in [0.1, 0.15) is 5.75 Å². The molecule has 0 unspecified atom stereocenters. The van der Waals surface area contributed by atoms with Crippen LogP contribution in [-0.4, -0.2) is 19.1 Å². The predicted octanol–water partition coefficient (Wildman–Crippen LogP) is 3.28. The van der Waals surface area contributed by atoms with Crippen molar-refractivity contribution < 1.29 is 9.53 Å². The zero-order chi connectivity index (χ0) is 14.7. The van der Waals surface area contributed by atoms with Crippen LogP contribution < -0.4 is 10.1 Å². The lowest BCUT2D eigenvalue weighted by Crippen LogP contribution is -2.30. The molecule has 0 fully saturated rings. The van der Waals surface area contributed by atoms with Gasteiger partial charge in [-0.2, -0.15) is 0 Å². The first kappa shape index (κ1) is 14.1. The molecule has 0 aromatic heterocycles. The van der Waals surface area contributed by atoms with Gasteiger partial charge in [0, 0.05) is 22.5 Å². The van der Waals surface area contributed by atoms with E-state index in [9.17, 15) is 4.79 Å². The topological polar surface area (TPSA) is 38.3 Å². The summed E-state index contributed by atoms with van der Waals surface area (Å²) in [5, 5.41) is 3.00. The van der Waals surface area contributed by atoms with Crippen LogP contribution in [0.2, 0.25) is 0 Å². The summed E-state index contributed by atoms with van der Waals surface area (Å²) < 4.78 is 6.64. The zero-order valence-electron chi connectivity index (χ0n) is 11.5. The summed E-state index contributed by atoms with van der Waals surface area (Å²) in [5.41, 5.74) is 2.19.